The predicted molar refractivity (Wildman–Crippen MR) is 78.4 cm³/mol. The Morgan fingerprint density at radius 1 is 0.944 bits per heavy atom. The Hall–Kier alpha value is -1.02. The van der Waals surface area contributed by atoms with Crippen LogP contribution in [0.4, 0.5) is 5.69 Å². The number of unbranched alkanes of at least 4 members (excludes halogenated alkanes) is 6. The summed E-state index contributed by atoms with van der Waals surface area (Å²) in [5.41, 5.74) is 7.36. The van der Waals surface area contributed by atoms with Crippen molar-refractivity contribution in [3.63, 3.8) is 0 Å². The number of anilines is 1. The van der Waals surface area contributed by atoms with Crippen LogP contribution in [0.1, 0.15) is 70.0 Å². The van der Waals surface area contributed by atoms with Crippen LogP contribution < -0.4 is 5.73 Å². The number of hydrogen-bond donors (Lipinski definition) is 2. The summed E-state index contributed by atoms with van der Waals surface area (Å²) in [4.78, 5) is 0. The first-order chi connectivity index (χ1) is 8.74. The van der Waals surface area contributed by atoms with E-state index < -0.39 is 0 Å². The van der Waals surface area contributed by atoms with Gasteiger partial charge in [0.05, 0.1) is 6.10 Å². The Morgan fingerprint density at radius 2 is 1.50 bits per heavy atom. The molecule has 1 aromatic rings. The van der Waals surface area contributed by atoms with Gasteiger partial charge in [-0.05, 0) is 24.1 Å². The van der Waals surface area contributed by atoms with Gasteiger partial charge in [-0.1, -0.05) is 64.0 Å². The van der Waals surface area contributed by atoms with Gasteiger partial charge in [-0.15, -0.1) is 0 Å². The van der Waals surface area contributed by atoms with Crippen molar-refractivity contribution in [1.29, 1.82) is 0 Å². The van der Waals surface area contributed by atoms with Crippen molar-refractivity contribution in [3.05, 3.63) is 29.8 Å². The van der Waals surface area contributed by atoms with E-state index in [4.69, 9.17) is 5.73 Å². The zero-order valence-corrected chi connectivity index (χ0v) is 11.6. The van der Waals surface area contributed by atoms with Crippen LogP contribution in [0, 0.1) is 0 Å². The molecule has 0 fully saturated rings. The number of aliphatic hydroxyl groups is 1. The highest BCUT2D eigenvalue weighted by molar-refractivity contribution is 5.39. The zero-order chi connectivity index (χ0) is 13.2. The molecule has 0 aliphatic rings. The maximum Gasteiger partial charge on any atom is 0.0790 e. The molecular weight excluding hydrogens is 222 g/mol. The zero-order valence-electron chi connectivity index (χ0n) is 11.6. The molecule has 2 nitrogen and oxygen atoms in total. The summed E-state index contributed by atoms with van der Waals surface area (Å²) >= 11 is 0. The molecule has 0 bridgehead atoms. The lowest BCUT2D eigenvalue weighted by Gasteiger charge is -2.11. The minimum atomic E-state index is -0.332. The Bertz CT molecular complexity index is 307. The largest absolute Gasteiger partial charge is 0.399 e. The molecule has 0 saturated heterocycles. The average molecular weight is 249 g/mol. The molecule has 0 aromatic heterocycles. The van der Waals surface area contributed by atoms with Gasteiger partial charge in [-0.25, -0.2) is 0 Å². The molecule has 0 amide bonds. The first-order valence-electron chi connectivity index (χ1n) is 7.27. The average Bonchev–Trinajstić information content (AvgIpc) is 2.38. The normalized spacial score (nSPS) is 12.6. The molecule has 0 aliphatic heterocycles. The number of nitrogens with two attached hydrogens (primary N) is 1. The Kier molecular flexibility index (Phi) is 7.51. The third-order valence-corrected chi connectivity index (χ3v) is 3.40. The summed E-state index contributed by atoms with van der Waals surface area (Å²) in [5.74, 6) is 0. The molecule has 3 N–H and O–H groups in total. The van der Waals surface area contributed by atoms with E-state index in [9.17, 15) is 5.11 Å². The lowest BCUT2D eigenvalue weighted by molar-refractivity contribution is 0.163. The predicted octanol–water partition coefficient (Wildman–Crippen LogP) is 4.44. The number of rotatable bonds is 9. The molecule has 0 saturated carbocycles. The number of aliphatic hydroxyl groups excluding tert-OH is 1. The van der Waals surface area contributed by atoms with Gasteiger partial charge in [0.15, 0.2) is 0 Å². The van der Waals surface area contributed by atoms with Gasteiger partial charge >= 0.3 is 0 Å². The van der Waals surface area contributed by atoms with Gasteiger partial charge < -0.3 is 10.8 Å². The summed E-state index contributed by atoms with van der Waals surface area (Å²) in [7, 11) is 0. The van der Waals surface area contributed by atoms with Gasteiger partial charge in [0.1, 0.15) is 0 Å². The smallest absolute Gasteiger partial charge is 0.0790 e. The monoisotopic (exact) mass is 249 g/mol. The van der Waals surface area contributed by atoms with Crippen molar-refractivity contribution in [2.75, 3.05) is 5.73 Å². The Balaban J connectivity index is 2.10. The fourth-order valence-corrected chi connectivity index (χ4v) is 2.18. The van der Waals surface area contributed by atoms with Crippen molar-refractivity contribution in [3.8, 4) is 0 Å². The summed E-state index contributed by atoms with van der Waals surface area (Å²) in [5, 5.41) is 10.0. The van der Waals surface area contributed by atoms with Crippen molar-refractivity contribution < 1.29 is 5.11 Å². The SMILES string of the molecule is CCCCCCCCCC(O)c1ccc(N)cc1. The molecule has 1 atom stereocenters. The summed E-state index contributed by atoms with van der Waals surface area (Å²) in [6.07, 6.45) is 9.52. The van der Waals surface area contributed by atoms with E-state index in [-0.39, 0.29) is 6.10 Å². The first kappa shape index (κ1) is 15.0. The fraction of sp³-hybridized carbons (Fsp3) is 0.625. The minimum absolute atomic E-state index is 0.332. The van der Waals surface area contributed by atoms with E-state index in [0.29, 0.717) is 0 Å². The molecule has 2 heteroatoms. The molecule has 102 valence electrons. The molecule has 0 heterocycles. The summed E-state index contributed by atoms with van der Waals surface area (Å²) in [6, 6.07) is 7.54. The van der Waals surface area contributed by atoms with Gasteiger partial charge in [0, 0.05) is 5.69 Å². The molecule has 1 rings (SSSR count). The van der Waals surface area contributed by atoms with Crippen molar-refractivity contribution in [2.45, 2.75) is 64.4 Å². The third-order valence-electron chi connectivity index (χ3n) is 3.40. The van der Waals surface area contributed by atoms with Gasteiger partial charge in [-0.2, -0.15) is 0 Å². The molecule has 1 unspecified atom stereocenters. The van der Waals surface area contributed by atoms with Crippen molar-refractivity contribution >= 4 is 5.69 Å². The van der Waals surface area contributed by atoms with Crippen molar-refractivity contribution in [2.24, 2.45) is 0 Å². The van der Waals surface area contributed by atoms with Crippen LogP contribution in [0.15, 0.2) is 24.3 Å². The first-order valence-corrected chi connectivity index (χ1v) is 7.27. The summed E-state index contributed by atoms with van der Waals surface area (Å²) < 4.78 is 0. The maximum absolute atomic E-state index is 10.0. The molecule has 18 heavy (non-hydrogen) atoms. The molecule has 1 aromatic carbocycles. The Labute approximate surface area is 111 Å². The van der Waals surface area contributed by atoms with E-state index in [1.807, 2.05) is 24.3 Å². The van der Waals surface area contributed by atoms with Gasteiger partial charge in [-0.3, -0.25) is 0 Å². The standard InChI is InChI=1S/C16H27NO/c1-2-3-4-5-6-7-8-9-16(18)14-10-12-15(17)13-11-14/h10-13,16,18H,2-9,17H2,1H3. The lowest BCUT2D eigenvalue weighted by atomic mass is 10.0. The van der Waals surface area contributed by atoms with Gasteiger partial charge in [0.2, 0.25) is 0 Å². The number of benzene rings is 1. The van der Waals surface area contributed by atoms with E-state index >= 15 is 0 Å². The Morgan fingerprint density at radius 3 is 2.11 bits per heavy atom. The van der Waals surface area contributed by atoms with Crippen LogP contribution in [0.25, 0.3) is 0 Å². The van der Waals surface area contributed by atoms with Crippen LogP contribution in [-0.4, -0.2) is 5.11 Å². The molecular formula is C16H27NO. The highest BCUT2D eigenvalue weighted by Crippen LogP contribution is 2.21. The molecule has 0 radical (unpaired) electrons. The van der Waals surface area contributed by atoms with Crippen LogP contribution >= 0.6 is 0 Å². The van der Waals surface area contributed by atoms with Crippen LogP contribution in [0.5, 0.6) is 0 Å². The highest BCUT2D eigenvalue weighted by Gasteiger charge is 2.06. The molecule has 0 spiro atoms. The second kappa shape index (κ2) is 8.98. The minimum Gasteiger partial charge on any atom is -0.399 e. The van der Waals surface area contributed by atoms with E-state index in [1.54, 1.807) is 0 Å². The fourth-order valence-electron chi connectivity index (χ4n) is 2.18. The quantitative estimate of drug-likeness (QED) is 0.502. The lowest BCUT2D eigenvalue weighted by Crippen LogP contribution is -1.97. The van der Waals surface area contributed by atoms with Crippen LogP contribution in [-0.2, 0) is 0 Å². The maximum atomic E-state index is 10.0. The second-order valence-electron chi connectivity index (χ2n) is 5.09. The third kappa shape index (κ3) is 6.06. The topological polar surface area (TPSA) is 46.2 Å². The number of nitrogen functional groups attached to an aromatic ring is 1. The van der Waals surface area contributed by atoms with Crippen molar-refractivity contribution in [1.82, 2.24) is 0 Å². The van der Waals surface area contributed by atoms with Gasteiger partial charge in [0.25, 0.3) is 0 Å². The van der Waals surface area contributed by atoms with E-state index in [2.05, 4.69) is 6.92 Å². The summed E-state index contributed by atoms with van der Waals surface area (Å²) in [6.45, 7) is 2.24. The highest BCUT2D eigenvalue weighted by atomic mass is 16.3. The molecule has 0 aliphatic carbocycles. The van der Waals surface area contributed by atoms with Crippen LogP contribution in [0.3, 0.4) is 0 Å². The second-order valence-corrected chi connectivity index (χ2v) is 5.09. The van der Waals surface area contributed by atoms with E-state index in [1.165, 1.54) is 38.5 Å². The van der Waals surface area contributed by atoms with E-state index in [0.717, 1.165) is 24.1 Å². The number of hydrogen-bond acceptors (Lipinski definition) is 2. The van der Waals surface area contributed by atoms with Crippen LogP contribution in [0.2, 0.25) is 0 Å².